The number of nitrogens with one attached hydrogen (secondary N) is 1. The highest BCUT2D eigenvalue weighted by Crippen LogP contribution is 2.26. The fourth-order valence-corrected chi connectivity index (χ4v) is 2.05. The summed E-state index contributed by atoms with van der Waals surface area (Å²) in [7, 11) is 0. The third kappa shape index (κ3) is 3.26. The van der Waals surface area contributed by atoms with Crippen molar-refractivity contribution in [3.63, 3.8) is 0 Å². The molecule has 2 rings (SSSR count). The van der Waals surface area contributed by atoms with E-state index in [1.807, 2.05) is 36.1 Å². The predicted octanol–water partition coefficient (Wildman–Crippen LogP) is 4.20. The lowest BCUT2D eigenvalue weighted by Gasteiger charge is -2.23. The Labute approximate surface area is 119 Å². The van der Waals surface area contributed by atoms with E-state index in [-0.39, 0.29) is 5.82 Å². The lowest BCUT2D eigenvalue weighted by atomic mass is 10.2. The van der Waals surface area contributed by atoms with Crippen LogP contribution in [0.5, 0.6) is 0 Å². The number of pyridine rings is 1. The average molecular weight is 273 g/mol. The Hall–Kier alpha value is -2.10. The third-order valence-electron chi connectivity index (χ3n) is 3.03. The average Bonchev–Trinajstić information content (AvgIpc) is 2.48. The first-order valence-corrected chi connectivity index (χ1v) is 6.99. The van der Waals surface area contributed by atoms with Crippen molar-refractivity contribution >= 4 is 17.3 Å². The first-order chi connectivity index (χ1) is 9.76. The Morgan fingerprint density at radius 1 is 1.10 bits per heavy atom. The fourth-order valence-electron chi connectivity index (χ4n) is 2.05. The van der Waals surface area contributed by atoms with Crippen molar-refractivity contribution in [2.45, 2.75) is 20.3 Å². The van der Waals surface area contributed by atoms with Crippen LogP contribution in [0.4, 0.5) is 21.7 Å². The summed E-state index contributed by atoms with van der Waals surface area (Å²) >= 11 is 0. The highest BCUT2D eigenvalue weighted by Gasteiger charge is 2.12. The maximum atomic E-state index is 13.9. The lowest BCUT2D eigenvalue weighted by Crippen LogP contribution is -2.19. The van der Waals surface area contributed by atoms with Gasteiger partial charge in [-0.25, -0.2) is 9.37 Å². The molecule has 0 unspecified atom stereocenters. The Morgan fingerprint density at radius 2 is 1.90 bits per heavy atom. The van der Waals surface area contributed by atoms with Gasteiger partial charge in [0.15, 0.2) is 0 Å². The van der Waals surface area contributed by atoms with E-state index in [0.29, 0.717) is 12.2 Å². The van der Waals surface area contributed by atoms with E-state index in [0.717, 1.165) is 24.6 Å². The number of anilines is 3. The monoisotopic (exact) mass is 273 g/mol. The molecule has 0 aliphatic heterocycles. The van der Waals surface area contributed by atoms with Gasteiger partial charge in [-0.1, -0.05) is 25.1 Å². The second kappa shape index (κ2) is 6.89. The molecule has 106 valence electrons. The van der Waals surface area contributed by atoms with Gasteiger partial charge in [-0.2, -0.15) is 0 Å². The molecule has 0 saturated carbocycles. The molecule has 0 aliphatic rings. The molecule has 2 aromatic rings. The van der Waals surface area contributed by atoms with Gasteiger partial charge in [0.1, 0.15) is 17.5 Å². The van der Waals surface area contributed by atoms with Crippen molar-refractivity contribution in [3.8, 4) is 0 Å². The summed E-state index contributed by atoms with van der Waals surface area (Å²) in [6.07, 6.45) is 1.04. The second-order valence-corrected chi connectivity index (χ2v) is 4.50. The van der Waals surface area contributed by atoms with Crippen LogP contribution in [0.2, 0.25) is 0 Å². The molecule has 4 heteroatoms. The molecule has 0 bridgehead atoms. The number of benzene rings is 1. The van der Waals surface area contributed by atoms with Crippen LogP contribution >= 0.6 is 0 Å². The van der Waals surface area contributed by atoms with Crippen LogP contribution in [-0.2, 0) is 0 Å². The van der Waals surface area contributed by atoms with Gasteiger partial charge in [-0.15, -0.1) is 0 Å². The molecule has 0 fully saturated rings. The number of nitrogens with zero attached hydrogens (tertiary/aromatic N) is 2. The largest absolute Gasteiger partial charge is 0.370 e. The van der Waals surface area contributed by atoms with Gasteiger partial charge in [-0.05, 0) is 37.6 Å². The highest BCUT2D eigenvalue weighted by molar-refractivity contribution is 5.62. The quantitative estimate of drug-likeness (QED) is 0.855. The first-order valence-electron chi connectivity index (χ1n) is 6.99. The van der Waals surface area contributed by atoms with Gasteiger partial charge >= 0.3 is 0 Å². The van der Waals surface area contributed by atoms with E-state index >= 15 is 0 Å². The minimum atomic E-state index is -0.233. The van der Waals surface area contributed by atoms with Crippen LogP contribution in [-0.4, -0.2) is 18.1 Å². The molecule has 0 saturated heterocycles. The molecule has 1 aromatic heterocycles. The standard InChI is InChI=1S/C16H20FN3/c1-3-12-18-15-10-7-11-16(19-15)20(4-2)14-9-6-5-8-13(14)17/h5-11H,3-4,12H2,1-2H3,(H,18,19). The second-order valence-electron chi connectivity index (χ2n) is 4.50. The molecule has 0 atom stereocenters. The third-order valence-corrected chi connectivity index (χ3v) is 3.03. The van der Waals surface area contributed by atoms with Gasteiger partial charge in [0.05, 0.1) is 5.69 Å². The zero-order valence-corrected chi connectivity index (χ0v) is 11.9. The number of rotatable bonds is 6. The molecule has 0 radical (unpaired) electrons. The van der Waals surface area contributed by atoms with Crippen molar-refractivity contribution in [1.82, 2.24) is 4.98 Å². The van der Waals surface area contributed by atoms with Crippen molar-refractivity contribution in [2.24, 2.45) is 0 Å². The Balaban J connectivity index is 2.30. The molecule has 20 heavy (non-hydrogen) atoms. The van der Waals surface area contributed by atoms with Gasteiger partial charge in [-0.3, -0.25) is 0 Å². The Bertz CT molecular complexity index is 557. The number of hydrogen-bond acceptors (Lipinski definition) is 3. The summed E-state index contributed by atoms with van der Waals surface area (Å²) in [4.78, 5) is 6.41. The smallest absolute Gasteiger partial charge is 0.146 e. The van der Waals surface area contributed by atoms with Gasteiger partial charge in [0.2, 0.25) is 0 Å². The summed E-state index contributed by atoms with van der Waals surface area (Å²) < 4.78 is 13.9. The Morgan fingerprint density at radius 3 is 2.60 bits per heavy atom. The van der Waals surface area contributed by atoms with Crippen molar-refractivity contribution in [1.29, 1.82) is 0 Å². The van der Waals surface area contributed by atoms with Crippen molar-refractivity contribution in [2.75, 3.05) is 23.3 Å². The van der Waals surface area contributed by atoms with E-state index in [4.69, 9.17) is 0 Å². The Kier molecular flexibility index (Phi) is 4.93. The summed E-state index contributed by atoms with van der Waals surface area (Å²) in [5.74, 6) is 1.33. The van der Waals surface area contributed by atoms with Gasteiger partial charge in [0, 0.05) is 13.1 Å². The topological polar surface area (TPSA) is 28.2 Å². The molecular formula is C16H20FN3. The molecule has 0 aliphatic carbocycles. The summed E-state index contributed by atoms with van der Waals surface area (Å²) in [6.45, 7) is 5.63. The fraction of sp³-hybridized carbons (Fsp3) is 0.312. The number of para-hydroxylation sites is 1. The van der Waals surface area contributed by atoms with Crippen LogP contribution in [0.1, 0.15) is 20.3 Å². The van der Waals surface area contributed by atoms with Gasteiger partial charge in [0.25, 0.3) is 0 Å². The zero-order chi connectivity index (χ0) is 14.4. The number of aromatic nitrogens is 1. The molecule has 3 nitrogen and oxygen atoms in total. The van der Waals surface area contributed by atoms with E-state index in [1.54, 1.807) is 12.1 Å². The molecule has 0 spiro atoms. The molecule has 1 heterocycles. The van der Waals surface area contributed by atoms with Crippen LogP contribution in [0.25, 0.3) is 0 Å². The van der Waals surface area contributed by atoms with E-state index in [9.17, 15) is 4.39 Å². The summed E-state index contributed by atoms with van der Waals surface area (Å²) in [5.41, 5.74) is 0.551. The van der Waals surface area contributed by atoms with Crippen LogP contribution < -0.4 is 10.2 Å². The van der Waals surface area contributed by atoms with E-state index in [1.165, 1.54) is 6.07 Å². The molecular weight excluding hydrogens is 253 g/mol. The first kappa shape index (κ1) is 14.3. The highest BCUT2D eigenvalue weighted by atomic mass is 19.1. The van der Waals surface area contributed by atoms with Crippen LogP contribution in [0, 0.1) is 5.82 Å². The van der Waals surface area contributed by atoms with Crippen molar-refractivity contribution in [3.05, 3.63) is 48.3 Å². The minimum Gasteiger partial charge on any atom is -0.370 e. The van der Waals surface area contributed by atoms with Gasteiger partial charge < -0.3 is 10.2 Å². The maximum Gasteiger partial charge on any atom is 0.146 e. The SMILES string of the molecule is CCCNc1cccc(N(CC)c2ccccc2F)n1. The predicted molar refractivity (Wildman–Crippen MR) is 82.1 cm³/mol. The normalized spacial score (nSPS) is 10.3. The summed E-state index contributed by atoms with van der Waals surface area (Å²) in [6, 6.07) is 12.5. The summed E-state index contributed by atoms with van der Waals surface area (Å²) in [5, 5.41) is 3.25. The van der Waals surface area contributed by atoms with E-state index < -0.39 is 0 Å². The number of halogens is 1. The molecule has 1 aromatic carbocycles. The van der Waals surface area contributed by atoms with Crippen LogP contribution in [0.3, 0.4) is 0 Å². The minimum absolute atomic E-state index is 0.233. The van der Waals surface area contributed by atoms with E-state index in [2.05, 4.69) is 17.2 Å². The van der Waals surface area contributed by atoms with Crippen LogP contribution in [0.15, 0.2) is 42.5 Å². The molecule has 1 N–H and O–H groups in total. The molecule has 0 amide bonds. The number of hydrogen-bond donors (Lipinski definition) is 1. The maximum absolute atomic E-state index is 13.9. The van der Waals surface area contributed by atoms with Crippen molar-refractivity contribution < 1.29 is 4.39 Å². The zero-order valence-electron chi connectivity index (χ0n) is 11.9. The lowest BCUT2D eigenvalue weighted by molar-refractivity contribution is 0.625.